The molecule has 1 amide bonds. The highest BCUT2D eigenvalue weighted by atomic mass is 16.2. The van der Waals surface area contributed by atoms with Crippen LogP contribution in [0.15, 0.2) is 24.3 Å². The second-order valence-corrected chi connectivity index (χ2v) is 9.00. The Balaban J connectivity index is 1.67. The lowest BCUT2D eigenvalue weighted by atomic mass is 9.87. The molecule has 1 aliphatic heterocycles. The van der Waals surface area contributed by atoms with Gasteiger partial charge in [-0.15, -0.1) is 5.10 Å². The van der Waals surface area contributed by atoms with Gasteiger partial charge in [-0.05, 0) is 37.7 Å². The molecule has 0 radical (unpaired) electrons. The highest BCUT2D eigenvalue weighted by Crippen LogP contribution is 2.25. The van der Waals surface area contributed by atoms with Crippen LogP contribution in [0.5, 0.6) is 0 Å². The van der Waals surface area contributed by atoms with Crippen LogP contribution in [0.25, 0.3) is 17.2 Å². The lowest BCUT2D eigenvalue weighted by molar-refractivity contribution is -0.129. The second-order valence-electron chi connectivity index (χ2n) is 9.00. The number of nitrogens with zero attached hydrogens (tertiary/aromatic N) is 5. The lowest BCUT2D eigenvalue weighted by Gasteiger charge is -2.18. The number of likely N-dealkylation sites (tertiary alicyclic amines) is 1. The molecule has 0 spiro atoms. The van der Waals surface area contributed by atoms with Crippen LogP contribution < -0.4 is 0 Å². The van der Waals surface area contributed by atoms with Gasteiger partial charge in [0.05, 0.1) is 6.42 Å². The van der Waals surface area contributed by atoms with Gasteiger partial charge in [-0.2, -0.15) is 4.98 Å². The Hall–Kier alpha value is -2.76. The third-order valence-corrected chi connectivity index (χ3v) is 5.84. The Labute approximate surface area is 172 Å². The molecule has 0 aliphatic carbocycles. The number of benzene rings is 1. The van der Waals surface area contributed by atoms with Gasteiger partial charge in [-0.1, -0.05) is 45.0 Å². The largest absolute Gasteiger partial charge is 0.342 e. The van der Waals surface area contributed by atoms with E-state index in [4.69, 9.17) is 5.10 Å². The minimum Gasteiger partial charge on any atom is -0.342 e. The van der Waals surface area contributed by atoms with Crippen molar-refractivity contribution in [2.75, 3.05) is 13.1 Å². The van der Waals surface area contributed by atoms with Crippen LogP contribution in [0.4, 0.5) is 0 Å². The molecule has 0 atom stereocenters. The maximum Gasteiger partial charge on any atom is 0.253 e. The minimum atomic E-state index is 0.108. The third-order valence-electron chi connectivity index (χ3n) is 5.84. The van der Waals surface area contributed by atoms with E-state index in [9.17, 15) is 4.79 Å². The van der Waals surface area contributed by atoms with Crippen LogP contribution in [-0.4, -0.2) is 43.5 Å². The molecule has 0 bridgehead atoms. The molecule has 0 saturated carbocycles. The van der Waals surface area contributed by atoms with Crippen molar-refractivity contribution >= 4 is 11.7 Å². The number of aryl methyl sites for hydroxylation is 2. The molecule has 3 heterocycles. The highest BCUT2D eigenvalue weighted by molar-refractivity contribution is 5.79. The molecule has 6 nitrogen and oxygen atoms in total. The van der Waals surface area contributed by atoms with E-state index in [1.165, 1.54) is 5.56 Å². The Morgan fingerprint density at radius 2 is 1.69 bits per heavy atom. The first-order chi connectivity index (χ1) is 13.7. The van der Waals surface area contributed by atoms with Crippen molar-refractivity contribution < 1.29 is 4.79 Å². The standard InChI is InChI=1S/C23H29N5O/c1-15-19(14-20(29)27-12-6-7-13-27)16(2)28-22(24-15)25-21(26-28)17-8-10-18(11-9-17)23(3,4)5/h8-11H,6-7,12-14H2,1-5H3. The van der Waals surface area contributed by atoms with Crippen molar-refractivity contribution in [2.45, 2.75) is 59.3 Å². The van der Waals surface area contributed by atoms with Gasteiger partial charge < -0.3 is 4.90 Å². The first-order valence-corrected chi connectivity index (χ1v) is 10.4. The van der Waals surface area contributed by atoms with E-state index in [-0.39, 0.29) is 11.3 Å². The zero-order valence-electron chi connectivity index (χ0n) is 18.0. The molecule has 1 aromatic carbocycles. The molecule has 6 heteroatoms. The predicted octanol–water partition coefficient (Wildman–Crippen LogP) is 3.87. The fourth-order valence-electron chi connectivity index (χ4n) is 3.94. The number of hydrogen-bond donors (Lipinski definition) is 0. The maximum absolute atomic E-state index is 12.6. The van der Waals surface area contributed by atoms with Gasteiger partial charge >= 0.3 is 0 Å². The summed E-state index contributed by atoms with van der Waals surface area (Å²) in [6.45, 7) is 12.3. The van der Waals surface area contributed by atoms with Crippen molar-refractivity contribution in [3.8, 4) is 11.4 Å². The van der Waals surface area contributed by atoms with E-state index >= 15 is 0 Å². The molecule has 29 heavy (non-hydrogen) atoms. The van der Waals surface area contributed by atoms with Gasteiger partial charge in [-0.3, -0.25) is 4.79 Å². The maximum atomic E-state index is 12.6. The summed E-state index contributed by atoms with van der Waals surface area (Å²) < 4.78 is 1.77. The summed E-state index contributed by atoms with van der Waals surface area (Å²) >= 11 is 0. The fourth-order valence-corrected chi connectivity index (χ4v) is 3.94. The molecule has 3 aromatic rings. The summed E-state index contributed by atoms with van der Waals surface area (Å²) in [6.07, 6.45) is 2.57. The summed E-state index contributed by atoms with van der Waals surface area (Å²) in [5, 5.41) is 4.70. The van der Waals surface area contributed by atoms with Gasteiger partial charge in [0.15, 0.2) is 5.82 Å². The van der Waals surface area contributed by atoms with Gasteiger partial charge in [0.2, 0.25) is 5.91 Å². The highest BCUT2D eigenvalue weighted by Gasteiger charge is 2.22. The molecular formula is C23H29N5O. The van der Waals surface area contributed by atoms with Gasteiger partial charge in [0.25, 0.3) is 5.78 Å². The molecule has 1 aliphatic rings. The van der Waals surface area contributed by atoms with Crippen LogP contribution in [0.3, 0.4) is 0 Å². The number of fused-ring (bicyclic) bond motifs is 1. The minimum absolute atomic E-state index is 0.108. The Morgan fingerprint density at radius 1 is 1.03 bits per heavy atom. The van der Waals surface area contributed by atoms with Crippen molar-refractivity contribution in [1.29, 1.82) is 0 Å². The van der Waals surface area contributed by atoms with Gasteiger partial charge in [-0.25, -0.2) is 9.50 Å². The molecule has 0 unspecified atom stereocenters. The van der Waals surface area contributed by atoms with Crippen LogP contribution in [0.2, 0.25) is 0 Å². The molecular weight excluding hydrogens is 362 g/mol. The Morgan fingerprint density at radius 3 is 2.31 bits per heavy atom. The summed E-state index contributed by atoms with van der Waals surface area (Å²) in [5.41, 5.74) is 5.09. The molecule has 1 saturated heterocycles. The average Bonchev–Trinajstić information content (AvgIpc) is 3.34. The smallest absolute Gasteiger partial charge is 0.253 e. The summed E-state index contributed by atoms with van der Waals surface area (Å²) in [7, 11) is 0. The lowest BCUT2D eigenvalue weighted by Crippen LogP contribution is -2.29. The normalized spacial score (nSPS) is 14.7. The number of amides is 1. The van der Waals surface area contributed by atoms with E-state index in [2.05, 4.69) is 55.0 Å². The molecule has 152 valence electrons. The topological polar surface area (TPSA) is 63.4 Å². The van der Waals surface area contributed by atoms with Crippen molar-refractivity contribution in [2.24, 2.45) is 0 Å². The second kappa shape index (κ2) is 7.25. The van der Waals surface area contributed by atoms with Crippen LogP contribution in [0.1, 0.15) is 56.1 Å². The van der Waals surface area contributed by atoms with E-state index in [1.807, 2.05) is 18.7 Å². The zero-order chi connectivity index (χ0) is 20.8. The van der Waals surface area contributed by atoms with Crippen molar-refractivity contribution in [1.82, 2.24) is 24.5 Å². The first-order valence-electron chi connectivity index (χ1n) is 10.4. The summed E-state index contributed by atoms with van der Waals surface area (Å²) in [6, 6.07) is 8.39. The molecule has 4 rings (SSSR count). The Bertz CT molecular complexity index is 1050. The number of hydrogen-bond acceptors (Lipinski definition) is 4. The van der Waals surface area contributed by atoms with Crippen molar-refractivity contribution in [3.05, 3.63) is 46.8 Å². The number of carbonyl (C=O) groups is 1. The monoisotopic (exact) mass is 391 g/mol. The fraction of sp³-hybridized carbons (Fsp3) is 0.478. The zero-order valence-corrected chi connectivity index (χ0v) is 18.0. The van der Waals surface area contributed by atoms with Crippen LogP contribution >= 0.6 is 0 Å². The van der Waals surface area contributed by atoms with Gasteiger partial charge in [0, 0.05) is 35.6 Å². The summed E-state index contributed by atoms with van der Waals surface area (Å²) in [5.74, 6) is 1.41. The van der Waals surface area contributed by atoms with E-state index in [0.29, 0.717) is 18.0 Å². The Kier molecular flexibility index (Phi) is 4.89. The van der Waals surface area contributed by atoms with E-state index < -0.39 is 0 Å². The van der Waals surface area contributed by atoms with Crippen molar-refractivity contribution in [3.63, 3.8) is 0 Å². The predicted molar refractivity (Wildman–Crippen MR) is 114 cm³/mol. The van der Waals surface area contributed by atoms with Crippen LogP contribution in [-0.2, 0) is 16.6 Å². The number of rotatable bonds is 3. The SMILES string of the molecule is Cc1nc2nc(-c3ccc(C(C)(C)C)cc3)nn2c(C)c1CC(=O)N1CCCC1. The quantitative estimate of drug-likeness (QED) is 0.680. The van der Waals surface area contributed by atoms with E-state index in [1.54, 1.807) is 4.52 Å². The average molecular weight is 392 g/mol. The molecule has 0 N–H and O–H groups in total. The number of carbonyl (C=O) groups excluding carboxylic acids is 1. The van der Waals surface area contributed by atoms with E-state index in [0.717, 1.165) is 48.4 Å². The molecule has 1 fully saturated rings. The first kappa shape index (κ1) is 19.6. The summed E-state index contributed by atoms with van der Waals surface area (Å²) in [4.78, 5) is 23.9. The van der Waals surface area contributed by atoms with Gasteiger partial charge in [0.1, 0.15) is 0 Å². The van der Waals surface area contributed by atoms with Crippen LogP contribution in [0, 0.1) is 13.8 Å². The number of aromatic nitrogens is 4. The molecule has 2 aromatic heterocycles. The third kappa shape index (κ3) is 3.76.